The van der Waals surface area contributed by atoms with Gasteiger partial charge in [0.1, 0.15) is 11.5 Å². The lowest BCUT2D eigenvalue weighted by Gasteiger charge is -2.08. The number of fused-ring (bicyclic) bond motifs is 1. The molecule has 2 aromatic carbocycles. The number of imidazole rings is 1. The van der Waals surface area contributed by atoms with Gasteiger partial charge in [-0.15, -0.1) is 11.3 Å². The number of benzene rings is 2. The van der Waals surface area contributed by atoms with E-state index >= 15 is 0 Å². The van der Waals surface area contributed by atoms with E-state index in [-0.39, 0.29) is 11.7 Å². The molecule has 2 N–H and O–H groups in total. The van der Waals surface area contributed by atoms with Gasteiger partial charge in [-0.3, -0.25) is 4.79 Å². The van der Waals surface area contributed by atoms with E-state index < -0.39 is 0 Å². The summed E-state index contributed by atoms with van der Waals surface area (Å²) in [5, 5.41) is 5.98. The van der Waals surface area contributed by atoms with Crippen LogP contribution in [-0.2, 0) is 4.79 Å². The number of aromatic amines is 1. The number of thioether (sulfide) groups is 1. The first-order valence-corrected chi connectivity index (χ1v) is 11.0. The van der Waals surface area contributed by atoms with Crippen LogP contribution in [0.3, 0.4) is 0 Å². The van der Waals surface area contributed by atoms with Crippen LogP contribution in [0.1, 0.15) is 5.56 Å². The number of thiazole rings is 1. The Balaban J connectivity index is 1.40. The van der Waals surface area contributed by atoms with Gasteiger partial charge in [0.2, 0.25) is 5.91 Å². The summed E-state index contributed by atoms with van der Waals surface area (Å²) in [6.07, 6.45) is 0. The molecule has 4 rings (SSSR count). The van der Waals surface area contributed by atoms with E-state index in [2.05, 4.69) is 20.3 Å². The van der Waals surface area contributed by atoms with Gasteiger partial charge >= 0.3 is 0 Å². The quantitative estimate of drug-likeness (QED) is 0.404. The summed E-state index contributed by atoms with van der Waals surface area (Å²) in [4.78, 5) is 24.6. The number of methoxy groups -OCH3 is 2. The van der Waals surface area contributed by atoms with Gasteiger partial charge in [0.05, 0.1) is 36.7 Å². The standard InChI is InChI=1S/C21H20N4O3S2/c1-12-4-7-15-16(8-12)23-20(22-15)30-11-19(26)25-21-24-17(10-29-21)14-6-5-13(27-2)9-18(14)28-3/h4-10H,11H2,1-3H3,(H,22,23)(H,24,25,26). The van der Waals surface area contributed by atoms with Crippen LogP contribution >= 0.6 is 23.1 Å². The summed E-state index contributed by atoms with van der Waals surface area (Å²) in [5.74, 6) is 1.46. The number of carbonyl (C=O) groups excluding carboxylic acids is 1. The zero-order valence-corrected chi connectivity index (χ0v) is 18.3. The smallest absolute Gasteiger partial charge is 0.236 e. The Hall–Kier alpha value is -3.04. The molecule has 2 aromatic heterocycles. The van der Waals surface area contributed by atoms with Crippen LogP contribution in [0.15, 0.2) is 46.9 Å². The Morgan fingerprint density at radius 1 is 1.17 bits per heavy atom. The van der Waals surface area contributed by atoms with E-state index in [1.807, 2.05) is 42.6 Å². The first kappa shape index (κ1) is 20.2. The van der Waals surface area contributed by atoms with Crippen LogP contribution in [0.5, 0.6) is 11.5 Å². The van der Waals surface area contributed by atoms with E-state index in [9.17, 15) is 4.79 Å². The second-order valence-electron chi connectivity index (χ2n) is 6.50. The number of carbonyl (C=O) groups is 1. The van der Waals surface area contributed by atoms with Crippen molar-refractivity contribution in [2.24, 2.45) is 0 Å². The minimum atomic E-state index is -0.140. The summed E-state index contributed by atoms with van der Waals surface area (Å²) in [6, 6.07) is 11.6. The lowest BCUT2D eigenvalue weighted by Crippen LogP contribution is -2.13. The molecule has 0 aliphatic heterocycles. The van der Waals surface area contributed by atoms with Crippen LogP contribution in [-0.4, -0.2) is 40.8 Å². The molecule has 30 heavy (non-hydrogen) atoms. The van der Waals surface area contributed by atoms with Crippen LogP contribution < -0.4 is 14.8 Å². The Labute approximate surface area is 181 Å². The minimum Gasteiger partial charge on any atom is -0.497 e. The highest BCUT2D eigenvalue weighted by molar-refractivity contribution is 7.99. The number of nitrogens with one attached hydrogen (secondary N) is 2. The number of aryl methyl sites for hydroxylation is 1. The third kappa shape index (κ3) is 4.42. The lowest BCUT2D eigenvalue weighted by atomic mass is 10.1. The Morgan fingerprint density at radius 2 is 2.03 bits per heavy atom. The molecule has 0 aliphatic rings. The fourth-order valence-electron chi connectivity index (χ4n) is 2.92. The first-order valence-electron chi connectivity index (χ1n) is 9.12. The van der Waals surface area contributed by atoms with Gasteiger partial charge < -0.3 is 19.8 Å². The highest BCUT2D eigenvalue weighted by Gasteiger charge is 2.13. The third-order valence-corrected chi connectivity index (χ3v) is 6.02. The Kier molecular flexibility index (Phi) is 5.91. The normalized spacial score (nSPS) is 10.9. The minimum absolute atomic E-state index is 0.140. The van der Waals surface area contributed by atoms with Crippen molar-refractivity contribution in [1.82, 2.24) is 15.0 Å². The van der Waals surface area contributed by atoms with Crippen molar-refractivity contribution in [3.05, 3.63) is 47.3 Å². The average molecular weight is 441 g/mol. The maximum atomic E-state index is 12.4. The zero-order chi connectivity index (χ0) is 21.1. The van der Waals surface area contributed by atoms with Gasteiger partial charge in [-0.1, -0.05) is 17.8 Å². The van der Waals surface area contributed by atoms with Crippen LogP contribution in [0.4, 0.5) is 5.13 Å². The molecule has 4 aromatic rings. The van der Waals surface area contributed by atoms with Crippen molar-refractivity contribution in [3.63, 3.8) is 0 Å². The topological polar surface area (TPSA) is 89.1 Å². The summed E-state index contributed by atoms with van der Waals surface area (Å²) in [6.45, 7) is 2.03. The van der Waals surface area contributed by atoms with Crippen molar-refractivity contribution in [3.8, 4) is 22.8 Å². The number of hydrogen-bond donors (Lipinski definition) is 2. The number of amides is 1. The molecule has 0 bridgehead atoms. The fourth-order valence-corrected chi connectivity index (χ4v) is 4.33. The Bertz CT molecular complexity index is 1200. The van der Waals surface area contributed by atoms with E-state index in [1.54, 1.807) is 20.3 Å². The predicted octanol–water partition coefficient (Wildman–Crippen LogP) is 4.74. The maximum absolute atomic E-state index is 12.4. The van der Waals surface area contributed by atoms with Gasteiger partial charge in [0, 0.05) is 17.0 Å². The molecule has 0 radical (unpaired) electrons. The number of anilines is 1. The van der Waals surface area contributed by atoms with E-state index in [4.69, 9.17) is 9.47 Å². The monoisotopic (exact) mass is 440 g/mol. The number of aromatic nitrogens is 3. The fraction of sp³-hybridized carbons (Fsp3) is 0.190. The molecule has 0 fully saturated rings. The average Bonchev–Trinajstić information content (AvgIpc) is 3.38. The second-order valence-corrected chi connectivity index (χ2v) is 8.33. The number of H-pyrrole nitrogens is 1. The van der Waals surface area contributed by atoms with E-state index in [0.29, 0.717) is 21.8 Å². The molecular formula is C21H20N4O3S2. The highest BCUT2D eigenvalue weighted by atomic mass is 32.2. The summed E-state index contributed by atoms with van der Waals surface area (Å²) >= 11 is 2.72. The Morgan fingerprint density at radius 3 is 2.83 bits per heavy atom. The molecule has 9 heteroatoms. The van der Waals surface area contributed by atoms with Crippen molar-refractivity contribution in [2.45, 2.75) is 12.1 Å². The molecule has 0 spiro atoms. The van der Waals surface area contributed by atoms with Crippen molar-refractivity contribution >= 4 is 45.2 Å². The van der Waals surface area contributed by atoms with Gasteiger partial charge in [-0.2, -0.15) is 0 Å². The van der Waals surface area contributed by atoms with Crippen LogP contribution in [0.2, 0.25) is 0 Å². The van der Waals surface area contributed by atoms with E-state index in [0.717, 1.165) is 27.9 Å². The summed E-state index contributed by atoms with van der Waals surface area (Å²) in [5.41, 5.74) is 4.59. The number of rotatable bonds is 7. The van der Waals surface area contributed by atoms with Crippen molar-refractivity contribution < 1.29 is 14.3 Å². The third-order valence-electron chi connectivity index (χ3n) is 4.39. The van der Waals surface area contributed by atoms with E-state index in [1.165, 1.54) is 23.1 Å². The first-order chi connectivity index (χ1) is 14.6. The molecule has 0 atom stereocenters. The molecule has 0 aliphatic carbocycles. The van der Waals surface area contributed by atoms with Gasteiger partial charge in [0.15, 0.2) is 10.3 Å². The predicted molar refractivity (Wildman–Crippen MR) is 121 cm³/mol. The number of hydrogen-bond acceptors (Lipinski definition) is 7. The molecule has 0 unspecified atom stereocenters. The second kappa shape index (κ2) is 8.76. The number of nitrogens with zero attached hydrogens (tertiary/aromatic N) is 2. The van der Waals surface area contributed by atoms with Crippen LogP contribution in [0.25, 0.3) is 22.3 Å². The molecule has 0 saturated heterocycles. The van der Waals surface area contributed by atoms with Gasteiger partial charge in [-0.05, 0) is 36.8 Å². The molecule has 7 nitrogen and oxygen atoms in total. The van der Waals surface area contributed by atoms with Crippen molar-refractivity contribution in [2.75, 3.05) is 25.3 Å². The largest absolute Gasteiger partial charge is 0.497 e. The highest BCUT2D eigenvalue weighted by Crippen LogP contribution is 2.34. The SMILES string of the molecule is COc1ccc(-c2csc(NC(=O)CSc3nc4ccc(C)cc4[nH]3)n2)c(OC)c1. The van der Waals surface area contributed by atoms with Crippen LogP contribution in [0, 0.1) is 6.92 Å². The van der Waals surface area contributed by atoms with Gasteiger partial charge in [-0.25, -0.2) is 9.97 Å². The zero-order valence-electron chi connectivity index (χ0n) is 16.7. The summed E-state index contributed by atoms with van der Waals surface area (Å²) in [7, 11) is 3.21. The summed E-state index contributed by atoms with van der Waals surface area (Å²) < 4.78 is 10.7. The molecule has 0 saturated carbocycles. The lowest BCUT2D eigenvalue weighted by molar-refractivity contribution is -0.113. The van der Waals surface area contributed by atoms with Gasteiger partial charge in [0.25, 0.3) is 0 Å². The van der Waals surface area contributed by atoms with Crippen molar-refractivity contribution in [1.29, 1.82) is 0 Å². The molecular weight excluding hydrogens is 420 g/mol. The molecule has 154 valence electrons. The number of ether oxygens (including phenoxy) is 2. The maximum Gasteiger partial charge on any atom is 0.236 e. The molecule has 1 amide bonds. The molecule has 2 heterocycles.